The molecular formula is C25H23ClFN5O2. The van der Waals surface area contributed by atoms with Gasteiger partial charge in [0.25, 0.3) is 5.91 Å². The van der Waals surface area contributed by atoms with E-state index in [1.165, 1.54) is 53.3 Å². The van der Waals surface area contributed by atoms with Gasteiger partial charge in [0.1, 0.15) is 17.1 Å². The van der Waals surface area contributed by atoms with Crippen LogP contribution in [0.25, 0.3) is 0 Å². The summed E-state index contributed by atoms with van der Waals surface area (Å²) in [5.41, 5.74) is 2.61. The number of fused-ring (bicyclic) bond motifs is 3. The summed E-state index contributed by atoms with van der Waals surface area (Å²) in [6.07, 6.45) is 4.72. The van der Waals surface area contributed by atoms with Crippen LogP contribution >= 0.6 is 11.6 Å². The lowest BCUT2D eigenvalue weighted by molar-refractivity contribution is 0.0601. The molecule has 6 rings (SSSR count). The number of benzene rings is 2. The zero-order chi connectivity index (χ0) is 23.7. The molecule has 3 aromatic rings. The first-order chi connectivity index (χ1) is 16.3. The van der Waals surface area contributed by atoms with Crippen LogP contribution in [0.3, 0.4) is 0 Å². The van der Waals surface area contributed by atoms with E-state index in [1.807, 2.05) is 6.07 Å². The van der Waals surface area contributed by atoms with Crippen LogP contribution in [0.5, 0.6) is 5.88 Å². The quantitative estimate of drug-likeness (QED) is 0.555. The van der Waals surface area contributed by atoms with Gasteiger partial charge < -0.3 is 15.4 Å². The second-order valence-electron chi connectivity index (χ2n) is 9.43. The maximum Gasteiger partial charge on any atom is 0.268 e. The van der Waals surface area contributed by atoms with E-state index in [2.05, 4.69) is 32.7 Å². The Bertz CT molecular complexity index is 1320. The Kier molecular flexibility index (Phi) is 4.63. The summed E-state index contributed by atoms with van der Waals surface area (Å²) in [6.45, 7) is 4.30. The summed E-state index contributed by atoms with van der Waals surface area (Å²) in [4.78, 5) is 23.3. The lowest BCUT2D eigenvalue weighted by Gasteiger charge is -2.42. The van der Waals surface area contributed by atoms with Crippen LogP contribution in [0.15, 0.2) is 42.6 Å². The number of ether oxygens (including phenoxy) is 1. The number of halogens is 2. The molecule has 1 aliphatic carbocycles. The summed E-state index contributed by atoms with van der Waals surface area (Å²) in [6, 6.07) is 10.6. The molecule has 1 amide bonds. The van der Waals surface area contributed by atoms with Crippen molar-refractivity contribution in [3.05, 3.63) is 70.1 Å². The van der Waals surface area contributed by atoms with Gasteiger partial charge in [-0.2, -0.15) is 4.98 Å². The Labute approximate surface area is 201 Å². The van der Waals surface area contributed by atoms with Crippen molar-refractivity contribution in [1.29, 1.82) is 0 Å². The van der Waals surface area contributed by atoms with Crippen molar-refractivity contribution in [1.82, 2.24) is 15.3 Å². The van der Waals surface area contributed by atoms with E-state index in [4.69, 9.17) is 16.3 Å². The third kappa shape index (κ3) is 3.32. The Morgan fingerprint density at radius 3 is 2.82 bits per heavy atom. The van der Waals surface area contributed by atoms with Gasteiger partial charge in [0.15, 0.2) is 5.72 Å². The topological polar surface area (TPSA) is 79.4 Å². The van der Waals surface area contributed by atoms with Gasteiger partial charge >= 0.3 is 0 Å². The second-order valence-corrected chi connectivity index (χ2v) is 9.84. The fourth-order valence-electron chi connectivity index (χ4n) is 4.95. The number of amides is 1. The van der Waals surface area contributed by atoms with E-state index in [1.54, 1.807) is 13.8 Å². The fourth-order valence-corrected chi connectivity index (χ4v) is 5.20. The number of hydrogen-bond donors (Lipinski definition) is 2. The molecule has 2 aliphatic heterocycles. The van der Waals surface area contributed by atoms with Crippen LogP contribution in [-0.2, 0) is 12.0 Å². The van der Waals surface area contributed by atoms with Gasteiger partial charge in [-0.1, -0.05) is 23.7 Å². The summed E-state index contributed by atoms with van der Waals surface area (Å²) in [5.74, 6) is -0.651. The third-order valence-electron chi connectivity index (χ3n) is 6.72. The molecule has 0 atom stereocenters. The maximum atomic E-state index is 14.6. The predicted octanol–water partition coefficient (Wildman–Crippen LogP) is 4.92. The average molecular weight is 480 g/mol. The van der Waals surface area contributed by atoms with Crippen molar-refractivity contribution in [2.75, 3.05) is 16.8 Å². The maximum absolute atomic E-state index is 14.6. The zero-order valence-electron chi connectivity index (χ0n) is 18.8. The summed E-state index contributed by atoms with van der Waals surface area (Å²) in [5, 5.41) is 6.97. The Morgan fingerprint density at radius 2 is 2.06 bits per heavy atom. The SMILES string of the molecule is CC1(C)Oc2nc(Nc3ccc4c(c3)CCNC43CC3)ncc2C(=O)N1c1c(F)cccc1Cl. The Balaban J connectivity index is 1.31. The molecule has 7 nitrogen and oxygen atoms in total. The second kappa shape index (κ2) is 7.38. The van der Waals surface area contributed by atoms with Crippen LogP contribution < -0.4 is 20.3 Å². The van der Waals surface area contributed by atoms with Gasteiger partial charge in [-0.15, -0.1) is 0 Å². The molecule has 3 heterocycles. The van der Waals surface area contributed by atoms with Crippen LogP contribution in [0.4, 0.5) is 21.7 Å². The Hall–Kier alpha value is -3.23. The first-order valence-electron chi connectivity index (χ1n) is 11.3. The minimum atomic E-state index is -1.22. The van der Waals surface area contributed by atoms with Crippen molar-refractivity contribution < 1.29 is 13.9 Å². The molecule has 0 bridgehead atoms. The van der Waals surface area contributed by atoms with Crippen molar-refractivity contribution in [3.63, 3.8) is 0 Å². The highest BCUT2D eigenvalue weighted by Gasteiger charge is 2.47. The highest BCUT2D eigenvalue weighted by Crippen LogP contribution is 2.49. The molecule has 1 fully saturated rings. The van der Waals surface area contributed by atoms with E-state index in [-0.39, 0.29) is 27.7 Å². The molecule has 0 radical (unpaired) electrons. The average Bonchev–Trinajstić information content (AvgIpc) is 3.55. The molecular weight excluding hydrogens is 457 g/mol. The molecule has 174 valence electrons. The predicted molar refractivity (Wildman–Crippen MR) is 127 cm³/mol. The van der Waals surface area contributed by atoms with Gasteiger partial charge in [-0.3, -0.25) is 9.69 Å². The molecule has 1 spiro atoms. The zero-order valence-corrected chi connectivity index (χ0v) is 19.5. The molecule has 1 saturated carbocycles. The van der Waals surface area contributed by atoms with E-state index >= 15 is 0 Å². The van der Waals surface area contributed by atoms with Crippen molar-refractivity contribution in [2.45, 2.75) is 44.4 Å². The molecule has 9 heteroatoms. The van der Waals surface area contributed by atoms with Crippen molar-refractivity contribution in [2.24, 2.45) is 0 Å². The lowest BCUT2D eigenvalue weighted by atomic mass is 9.92. The van der Waals surface area contributed by atoms with Crippen LogP contribution in [-0.4, -0.2) is 28.1 Å². The van der Waals surface area contributed by atoms with Crippen molar-refractivity contribution in [3.8, 4) is 5.88 Å². The normalized spacial score (nSPS) is 19.3. The number of carbonyl (C=O) groups is 1. The standard InChI is InChI=1S/C25H23ClFN5O2/c1-24(2)32(20-18(26)4-3-5-19(20)27)22(33)16-13-28-23(31-21(16)34-24)30-15-6-7-17-14(12-15)8-11-29-25(17)9-10-25/h3-7,12-13,29H,8-11H2,1-2H3,(H,28,30,31). The van der Waals surface area contributed by atoms with Crippen molar-refractivity contribution >= 4 is 34.8 Å². The number of rotatable bonds is 3. The van der Waals surface area contributed by atoms with Crippen LogP contribution in [0.1, 0.15) is 48.2 Å². The fraction of sp³-hybridized carbons (Fsp3) is 0.320. The number of para-hydroxylation sites is 1. The third-order valence-corrected chi connectivity index (χ3v) is 7.02. The summed E-state index contributed by atoms with van der Waals surface area (Å²) >= 11 is 6.24. The highest BCUT2D eigenvalue weighted by molar-refractivity contribution is 6.34. The first-order valence-corrected chi connectivity index (χ1v) is 11.7. The van der Waals surface area contributed by atoms with E-state index in [0.717, 1.165) is 18.7 Å². The minimum absolute atomic E-state index is 0.0380. The molecule has 2 aromatic carbocycles. The molecule has 34 heavy (non-hydrogen) atoms. The number of anilines is 3. The number of nitrogens with zero attached hydrogens (tertiary/aromatic N) is 3. The molecule has 3 aliphatic rings. The molecule has 0 saturated heterocycles. The van der Waals surface area contributed by atoms with Gasteiger partial charge in [0, 0.05) is 24.0 Å². The monoisotopic (exact) mass is 479 g/mol. The number of hydrogen-bond acceptors (Lipinski definition) is 6. The number of aromatic nitrogens is 2. The van der Waals surface area contributed by atoms with E-state index < -0.39 is 17.4 Å². The van der Waals surface area contributed by atoms with Crippen LogP contribution in [0.2, 0.25) is 5.02 Å². The molecule has 0 unspecified atom stereocenters. The minimum Gasteiger partial charge on any atom is -0.450 e. The Morgan fingerprint density at radius 1 is 1.24 bits per heavy atom. The summed E-state index contributed by atoms with van der Waals surface area (Å²) < 4.78 is 20.7. The largest absolute Gasteiger partial charge is 0.450 e. The summed E-state index contributed by atoms with van der Waals surface area (Å²) in [7, 11) is 0. The molecule has 2 N–H and O–H groups in total. The smallest absolute Gasteiger partial charge is 0.268 e. The van der Waals surface area contributed by atoms with Gasteiger partial charge in [0.05, 0.1) is 5.02 Å². The van der Waals surface area contributed by atoms with Gasteiger partial charge in [-0.05, 0) is 68.5 Å². The van der Waals surface area contributed by atoms with Crippen LogP contribution in [0, 0.1) is 5.82 Å². The lowest BCUT2D eigenvalue weighted by Crippen LogP contribution is -2.56. The highest BCUT2D eigenvalue weighted by atomic mass is 35.5. The number of carbonyl (C=O) groups excluding carboxylic acids is 1. The van der Waals surface area contributed by atoms with Gasteiger partial charge in [0.2, 0.25) is 11.8 Å². The molecule has 1 aromatic heterocycles. The van der Waals surface area contributed by atoms with Gasteiger partial charge in [-0.25, -0.2) is 9.37 Å². The van der Waals surface area contributed by atoms with E-state index in [9.17, 15) is 9.18 Å². The number of nitrogens with one attached hydrogen (secondary N) is 2. The first kappa shape index (κ1) is 21.3. The van der Waals surface area contributed by atoms with E-state index in [0.29, 0.717) is 5.95 Å².